The van der Waals surface area contributed by atoms with E-state index in [2.05, 4.69) is 22.2 Å². The topological polar surface area (TPSA) is 48.5 Å². The van der Waals surface area contributed by atoms with Crippen LogP contribution >= 0.6 is 11.6 Å². The molecule has 1 unspecified atom stereocenters. The predicted octanol–water partition coefficient (Wildman–Crippen LogP) is 1.47. The molecule has 0 aliphatic carbocycles. The zero-order valence-electron chi connectivity index (χ0n) is 8.41. The third kappa shape index (κ3) is 2.18. The van der Waals surface area contributed by atoms with E-state index < -0.39 is 0 Å². The third-order valence-corrected chi connectivity index (χ3v) is 2.49. The van der Waals surface area contributed by atoms with Crippen LogP contribution in [0.15, 0.2) is 24.8 Å². The van der Waals surface area contributed by atoms with Crippen LogP contribution in [-0.4, -0.2) is 24.5 Å². The molecular weight excluding hydrogens is 214 g/mol. The minimum absolute atomic E-state index is 0.244. The van der Waals surface area contributed by atoms with Gasteiger partial charge in [0.25, 0.3) is 0 Å². The van der Waals surface area contributed by atoms with Crippen LogP contribution in [0.3, 0.4) is 0 Å². The summed E-state index contributed by atoms with van der Waals surface area (Å²) in [6.45, 7) is 2.87. The Labute approximate surface area is 92.7 Å². The van der Waals surface area contributed by atoms with Crippen LogP contribution < -0.4 is 0 Å². The molecule has 0 saturated carbocycles. The SMILES string of the molecule is CC(Cn1cccn1)n1cnnc1CCl. The number of hydrogen-bond acceptors (Lipinski definition) is 3. The van der Waals surface area contributed by atoms with Crippen molar-refractivity contribution in [2.24, 2.45) is 0 Å². The fourth-order valence-electron chi connectivity index (χ4n) is 1.50. The van der Waals surface area contributed by atoms with Crippen LogP contribution in [-0.2, 0) is 12.4 Å². The molecule has 0 fully saturated rings. The molecule has 5 nitrogen and oxygen atoms in total. The maximum absolute atomic E-state index is 5.75. The van der Waals surface area contributed by atoms with Crippen molar-refractivity contribution in [2.75, 3.05) is 0 Å². The van der Waals surface area contributed by atoms with E-state index in [-0.39, 0.29) is 6.04 Å². The fraction of sp³-hybridized carbons (Fsp3) is 0.444. The molecule has 2 aromatic rings. The van der Waals surface area contributed by atoms with Crippen LogP contribution in [0.25, 0.3) is 0 Å². The number of nitrogens with zero attached hydrogens (tertiary/aromatic N) is 5. The lowest BCUT2D eigenvalue weighted by molar-refractivity contribution is 0.429. The van der Waals surface area contributed by atoms with Crippen LogP contribution in [0.5, 0.6) is 0 Å². The average molecular weight is 226 g/mol. The van der Waals surface area contributed by atoms with Crippen molar-refractivity contribution in [3.05, 3.63) is 30.6 Å². The third-order valence-electron chi connectivity index (χ3n) is 2.25. The first-order valence-electron chi connectivity index (χ1n) is 4.73. The van der Waals surface area contributed by atoms with Gasteiger partial charge in [-0.3, -0.25) is 4.68 Å². The Balaban J connectivity index is 2.11. The summed E-state index contributed by atoms with van der Waals surface area (Å²) >= 11 is 5.75. The minimum atomic E-state index is 0.244. The van der Waals surface area contributed by atoms with Crippen molar-refractivity contribution in [2.45, 2.75) is 25.4 Å². The molecule has 2 heterocycles. The highest BCUT2D eigenvalue weighted by Gasteiger charge is 2.10. The first kappa shape index (κ1) is 10.2. The van der Waals surface area contributed by atoms with Crippen molar-refractivity contribution in [1.29, 1.82) is 0 Å². The Bertz CT molecular complexity index is 408. The van der Waals surface area contributed by atoms with E-state index in [0.29, 0.717) is 5.88 Å². The highest BCUT2D eigenvalue weighted by atomic mass is 35.5. The van der Waals surface area contributed by atoms with Crippen molar-refractivity contribution in [3.8, 4) is 0 Å². The molecule has 0 radical (unpaired) electrons. The molecular formula is C9H12ClN5. The lowest BCUT2D eigenvalue weighted by atomic mass is 10.3. The first-order chi connectivity index (χ1) is 7.31. The van der Waals surface area contributed by atoms with Gasteiger partial charge < -0.3 is 4.57 Å². The average Bonchev–Trinajstić information content (AvgIpc) is 2.86. The van der Waals surface area contributed by atoms with Gasteiger partial charge in [-0.1, -0.05) is 0 Å². The zero-order valence-corrected chi connectivity index (χ0v) is 9.17. The molecule has 6 heteroatoms. The van der Waals surface area contributed by atoms with Gasteiger partial charge in [0.2, 0.25) is 0 Å². The van der Waals surface area contributed by atoms with Gasteiger partial charge in [0.15, 0.2) is 0 Å². The Kier molecular flexibility index (Phi) is 3.01. The summed E-state index contributed by atoms with van der Waals surface area (Å²) in [7, 11) is 0. The Morgan fingerprint density at radius 2 is 2.40 bits per heavy atom. The van der Waals surface area contributed by atoms with E-state index >= 15 is 0 Å². The van der Waals surface area contributed by atoms with Gasteiger partial charge in [0.1, 0.15) is 12.2 Å². The van der Waals surface area contributed by atoms with Crippen LogP contribution in [0.2, 0.25) is 0 Å². The second kappa shape index (κ2) is 4.44. The smallest absolute Gasteiger partial charge is 0.148 e. The number of halogens is 1. The summed E-state index contributed by atoms with van der Waals surface area (Å²) < 4.78 is 3.84. The minimum Gasteiger partial charge on any atom is -0.312 e. The van der Waals surface area contributed by atoms with Gasteiger partial charge in [-0.2, -0.15) is 5.10 Å². The maximum atomic E-state index is 5.75. The normalized spacial score (nSPS) is 12.9. The Morgan fingerprint density at radius 3 is 3.07 bits per heavy atom. The van der Waals surface area contributed by atoms with E-state index in [4.69, 9.17) is 11.6 Å². The molecule has 0 aromatic carbocycles. The van der Waals surface area contributed by atoms with Gasteiger partial charge in [-0.15, -0.1) is 21.8 Å². The summed E-state index contributed by atoms with van der Waals surface area (Å²) in [6.07, 6.45) is 5.40. The lowest BCUT2D eigenvalue weighted by Crippen LogP contribution is -2.14. The molecule has 0 aliphatic rings. The summed E-state index contributed by atoms with van der Waals surface area (Å²) in [4.78, 5) is 0. The summed E-state index contributed by atoms with van der Waals surface area (Å²) in [5.41, 5.74) is 0. The first-order valence-corrected chi connectivity index (χ1v) is 5.26. The molecule has 80 valence electrons. The van der Waals surface area contributed by atoms with Gasteiger partial charge in [-0.25, -0.2) is 0 Å². The summed E-state index contributed by atoms with van der Waals surface area (Å²) in [5, 5.41) is 11.9. The summed E-state index contributed by atoms with van der Waals surface area (Å²) in [6, 6.07) is 2.15. The molecule has 15 heavy (non-hydrogen) atoms. The molecule has 2 aromatic heterocycles. The molecule has 0 spiro atoms. The van der Waals surface area contributed by atoms with Gasteiger partial charge in [-0.05, 0) is 13.0 Å². The highest BCUT2D eigenvalue weighted by Crippen LogP contribution is 2.11. The predicted molar refractivity (Wildman–Crippen MR) is 56.5 cm³/mol. The maximum Gasteiger partial charge on any atom is 0.148 e. The zero-order chi connectivity index (χ0) is 10.7. The van der Waals surface area contributed by atoms with E-state index in [0.717, 1.165) is 12.4 Å². The van der Waals surface area contributed by atoms with Crippen molar-refractivity contribution in [3.63, 3.8) is 0 Å². The van der Waals surface area contributed by atoms with Gasteiger partial charge in [0.05, 0.1) is 18.5 Å². The molecule has 0 amide bonds. The van der Waals surface area contributed by atoms with E-state index in [1.54, 1.807) is 12.5 Å². The van der Waals surface area contributed by atoms with E-state index in [9.17, 15) is 0 Å². The Morgan fingerprint density at radius 1 is 1.53 bits per heavy atom. The van der Waals surface area contributed by atoms with Crippen molar-refractivity contribution in [1.82, 2.24) is 24.5 Å². The monoisotopic (exact) mass is 225 g/mol. The lowest BCUT2D eigenvalue weighted by Gasteiger charge is -2.14. The number of rotatable bonds is 4. The second-order valence-corrected chi connectivity index (χ2v) is 3.63. The number of hydrogen-bond donors (Lipinski definition) is 0. The van der Waals surface area contributed by atoms with Gasteiger partial charge >= 0.3 is 0 Å². The van der Waals surface area contributed by atoms with E-state index in [1.807, 2.05) is 21.5 Å². The standard InChI is InChI=1S/C9H12ClN5/c1-8(6-14-4-2-3-12-14)15-7-11-13-9(15)5-10/h2-4,7-8H,5-6H2,1H3. The van der Waals surface area contributed by atoms with Crippen molar-refractivity contribution >= 4 is 11.6 Å². The second-order valence-electron chi connectivity index (χ2n) is 3.37. The molecule has 1 atom stereocenters. The van der Waals surface area contributed by atoms with Crippen LogP contribution in [0.4, 0.5) is 0 Å². The largest absolute Gasteiger partial charge is 0.312 e. The van der Waals surface area contributed by atoms with Crippen LogP contribution in [0, 0.1) is 0 Å². The molecule has 0 aliphatic heterocycles. The summed E-state index contributed by atoms with van der Waals surface area (Å²) in [5.74, 6) is 1.17. The van der Waals surface area contributed by atoms with Gasteiger partial charge in [0, 0.05) is 12.4 Å². The molecule has 2 rings (SSSR count). The number of aromatic nitrogens is 5. The number of alkyl halides is 1. The molecule has 0 bridgehead atoms. The Hall–Kier alpha value is -1.36. The highest BCUT2D eigenvalue weighted by molar-refractivity contribution is 6.16. The van der Waals surface area contributed by atoms with Crippen molar-refractivity contribution < 1.29 is 0 Å². The van der Waals surface area contributed by atoms with Crippen LogP contribution in [0.1, 0.15) is 18.8 Å². The van der Waals surface area contributed by atoms with E-state index in [1.165, 1.54) is 0 Å². The quantitative estimate of drug-likeness (QED) is 0.741. The fourth-order valence-corrected chi connectivity index (χ4v) is 1.69. The molecule has 0 N–H and O–H groups in total. The molecule has 0 saturated heterocycles.